The molecule has 2 aromatic carbocycles. The number of halogens is 2. The van der Waals surface area contributed by atoms with Gasteiger partial charge in [0.2, 0.25) is 0 Å². The topological polar surface area (TPSA) is 46.2 Å². The number of hydrogen-bond donors (Lipinski definition) is 2. The molecule has 0 saturated carbocycles. The number of benzene rings is 2. The highest BCUT2D eigenvalue weighted by atomic mass is 79.9. The summed E-state index contributed by atoms with van der Waals surface area (Å²) in [4.78, 5) is 0. The molecule has 0 heterocycles. The van der Waals surface area contributed by atoms with Crippen molar-refractivity contribution in [2.45, 2.75) is 12.0 Å². The number of hydrogen-bond acceptors (Lipinski definition) is 2. The van der Waals surface area contributed by atoms with Gasteiger partial charge in [-0.1, -0.05) is 52.3 Å². The van der Waals surface area contributed by atoms with Crippen LogP contribution in [0.1, 0.15) is 11.1 Å². The zero-order valence-electron chi connectivity index (χ0n) is 10.3. The smallest absolute Gasteiger partial charge is 0.124 e. The van der Waals surface area contributed by atoms with Gasteiger partial charge in [-0.2, -0.15) is 0 Å². The minimum atomic E-state index is -1.15. The van der Waals surface area contributed by atoms with Gasteiger partial charge in [0.25, 0.3) is 0 Å². The maximum atomic E-state index is 13.1. The Hall–Kier alpha value is -1.23. The van der Waals surface area contributed by atoms with Gasteiger partial charge in [-0.25, -0.2) is 4.39 Å². The van der Waals surface area contributed by atoms with Crippen LogP contribution in [0, 0.1) is 5.82 Å². The van der Waals surface area contributed by atoms with Crippen molar-refractivity contribution < 1.29 is 9.50 Å². The lowest BCUT2D eigenvalue weighted by Gasteiger charge is -2.27. The van der Waals surface area contributed by atoms with Gasteiger partial charge in [-0.15, -0.1) is 0 Å². The molecule has 0 radical (unpaired) electrons. The Balaban J connectivity index is 2.33. The normalized spacial score (nSPS) is 14.1. The molecule has 100 valence electrons. The van der Waals surface area contributed by atoms with E-state index < -0.39 is 5.60 Å². The van der Waals surface area contributed by atoms with Crippen LogP contribution < -0.4 is 5.73 Å². The Morgan fingerprint density at radius 1 is 1.16 bits per heavy atom. The van der Waals surface area contributed by atoms with Gasteiger partial charge in [0, 0.05) is 17.4 Å². The molecule has 2 rings (SSSR count). The first-order valence-electron chi connectivity index (χ1n) is 5.97. The molecule has 4 heteroatoms. The van der Waals surface area contributed by atoms with Crippen molar-refractivity contribution in [3.63, 3.8) is 0 Å². The first kappa shape index (κ1) is 14.2. The molecule has 0 spiro atoms. The molecule has 0 saturated heterocycles. The van der Waals surface area contributed by atoms with E-state index in [-0.39, 0.29) is 12.4 Å². The van der Waals surface area contributed by atoms with E-state index in [9.17, 15) is 9.50 Å². The highest BCUT2D eigenvalue weighted by molar-refractivity contribution is 9.10. The monoisotopic (exact) mass is 323 g/mol. The minimum absolute atomic E-state index is 0.0980. The van der Waals surface area contributed by atoms with Crippen molar-refractivity contribution >= 4 is 15.9 Å². The summed E-state index contributed by atoms with van der Waals surface area (Å²) in [7, 11) is 0. The maximum absolute atomic E-state index is 13.1. The SMILES string of the molecule is NCC(O)(Cc1ccc(F)cc1Br)c1ccccc1. The Labute approximate surface area is 120 Å². The summed E-state index contributed by atoms with van der Waals surface area (Å²) in [6.45, 7) is 0.0980. The molecule has 0 bridgehead atoms. The van der Waals surface area contributed by atoms with Gasteiger partial charge in [0.15, 0.2) is 0 Å². The third-order valence-electron chi connectivity index (χ3n) is 3.15. The van der Waals surface area contributed by atoms with Crippen LogP contribution in [0.2, 0.25) is 0 Å². The fourth-order valence-corrected chi connectivity index (χ4v) is 2.51. The van der Waals surface area contributed by atoms with Crippen molar-refractivity contribution in [1.29, 1.82) is 0 Å². The van der Waals surface area contributed by atoms with Crippen LogP contribution in [-0.2, 0) is 12.0 Å². The Morgan fingerprint density at radius 2 is 1.84 bits per heavy atom. The van der Waals surface area contributed by atoms with Crippen LogP contribution in [0.4, 0.5) is 4.39 Å². The van der Waals surface area contributed by atoms with E-state index in [4.69, 9.17) is 5.73 Å². The van der Waals surface area contributed by atoms with Crippen LogP contribution in [0.25, 0.3) is 0 Å². The molecule has 2 nitrogen and oxygen atoms in total. The molecule has 0 aliphatic carbocycles. The number of aliphatic hydroxyl groups is 1. The molecule has 2 aromatic rings. The summed E-state index contributed by atoms with van der Waals surface area (Å²) in [5, 5.41) is 10.7. The standard InChI is InChI=1S/C15H15BrFNO/c16-14-8-13(17)7-6-11(14)9-15(19,10-18)12-4-2-1-3-5-12/h1-8,19H,9-10,18H2. The van der Waals surface area contributed by atoms with E-state index in [0.717, 1.165) is 11.1 Å². The molecule has 0 aromatic heterocycles. The third kappa shape index (κ3) is 3.21. The van der Waals surface area contributed by atoms with Gasteiger partial charge in [-0.3, -0.25) is 0 Å². The summed E-state index contributed by atoms with van der Waals surface area (Å²) < 4.78 is 13.7. The van der Waals surface area contributed by atoms with Gasteiger partial charge < -0.3 is 10.8 Å². The van der Waals surface area contributed by atoms with E-state index in [2.05, 4.69) is 15.9 Å². The van der Waals surface area contributed by atoms with Crippen LogP contribution >= 0.6 is 15.9 Å². The first-order valence-corrected chi connectivity index (χ1v) is 6.76. The molecular weight excluding hydrogens is 309 g/mol. The maximum Gasteiger partial charge on any atom is 0.124 e. The molecule has 0 aliphatic rings. The second-order valence-electron chi connectivity index (χ2n) is 4.51. The van der Waals surface area contributed by atoms with Gasteiger partial charge in [0.05, 0.1) is 0 Å². The molecule has 19 heavy (non-hydrogen) atoms. The van der Waals surface area contributed by atoms with Crippen LogP contribution in [0.5, 0.6) is 0 Å². The zero-order chi connectivity index (χ0) is 13.9. The van der Waals surface area contributed by atoms with E-state index in [1.165, 1.54) is 12.1 Å². The average Bonchev–Trinajstić information content (AvgIpc) is 2.43. The van der Waals surface area contributed by atoms with Crippen LogP contribution in [-0.4, -0.2) is 11.7 Å². The van der Waals surface area contributed by atoms with Gasteiger partial charge in [-0.05, 0) is 23.3 Å². The average molecular weight is 324 g/mol. The molecule has 1 atom stereocenters. The van der Waals surface area contributed by atoms with E-state index in [0.29, 0.717) is 10.9 Å². The predicted octanol–water partition coefficient (Wildman–Crippen LogP) is 2.98. The lowest BCUT2D eigenvalue weighted by Crippen LogP contribution is -2.37. The summed E-state index contributed by atoms with van der Waals surface area (Å²) in [6, 6.07) is 13.7. The predicted molar refractivity (Wildman–Crippen MR) is 77.2 cm³/mol. The van der Waals surface area contributed by atoms with Crippen molar-refractivity contribution in [3.8, 4) is 0 Å². The molecule has 0 amide bonds. The molecule has 0 fully saturated rings. The van der Waals surface area contributed by atoms with Crippen LogP contribution in [0.3, 0.4) is 0 Å². The van der Waals surface area contributed by atoms with Crippen molar-refractivity contribution in [2.24, 2.45) is 5.73 Å². The minimum Gasteiger partial charge on any atom is -0.383 e. The van der Waals surface area contributed by atoms with Crippen molar-refractivity contribution in [1.82, 2.24) is 0 Å². The summed E-state index contributed by atoms with van der Waals surface area (Å²) in [6.07, 6.45) is 0.328. The van der Waals surface area contributed by atoms with Crippen molar-refractivity contribution in [3.05, 3.63) is 69.9 Å². The molecule has 0 aliphatic heterocycles. The summed E-state index contributed by atoms with van der Waals surface area (Å²) in [5.74, 6) is -0.313. The lowest BCUT2D eigenvalue weighted by atomic mass is 9.87. The summed E-state index contributed by atoms with van der Waals surface area (Å²) in [5.41, 5.74) is 6.15. The lowest BCUT2D eigenvalue weighted by molar-refractivity contribution is 0.0461. The second-order valence-corrected chi connectivity index (χ2v) is 5.37. The number of rotatable bonds is 4. The molecule has 1 unspecified atom stereocenters. The quantitative estimate of drug-likeness (QED) is 0.908. The first-order chi connectivity index (χ1) is 9.05. The fraction of sp³-hybridized carbons (Fsp3) is 0.200. The van der Waals surface area contributed by atoms with Gasteiger partial charge >= 0.3 is 0 Å². The highest BCUT2D eigenvalue weighted by Gasteiger charge is 2.28. The fourth-order valence-electron chi connectivity index (χ4n) is 2.02. The largest absolute Gasteiger partial charge is 0.383 e. The summed E-state index contributed by atoms with van der Waals surface area (Å²) >= 11 is 3.31. The van der Waals surface area contributed by atoms with Gasteiger partial charge in [0.1, 0.15) is 11.4 Å². The van der Waals surface area contributed by atoms with E-state index >= 15 is 0 Å². The molecular formula is C15H15BrFNO. The Kier molecular flexibility index (Phi) is 4.34. The Bertz CT molecular complexity index is 561. The van der Waals surface area contributed by atoms with E-state index in [1.807, 2.05) is 30.3 Å². The zero-order valence-corrected chi connectivity index (χ0v) is 11.9. The Morgan fingerprint density at radius 3 is 2.42 bits per heavy atom. The third-order valence-corrected chi connectivity index (χ3v) is 3.89. The van der Waals surface area contributed by atoms with Crippen LogP contribution in [0.15, 0.2) is 53.0 Å². The number of nitrogens with two attached hydrogens (primary N) is 1. The van der Waals surface area contributed by atoms with E-state index in [1.54, 1.807) is 6.07 Å². The highest BCUT2D eigenvalue weighted by Crippen LogP contribution is 2.28. The molecule has 3 N–H and O–H groups in total. The second kappa shape index (κ2) is 5.82. The van der Waals surface area contributed by atoms with Crippen molar-refractivity contribution in [2.75, 3.05) is 6.54 Å².